The molecule has 0 radical (unpaired) electrons. The quantitative estimate of drug-likeness (QED) is 0.555. The Morgan fingerprint density at radius 1 is 1.10 bits per heavy atom. The molecule has 154 valence electrons. The molecule has 0 saturated carbocycles. The van der Waals surface area contributed by atoms with Crippen molar-refractivity contribution in [1.29, 1.82) is 0 Å². The number of para-hydroxylation sites is 1. The van der Waals surface area contributed by atoms with Crippen LogP contribution in [-0.2, 0) is 6.54 Å². The predicted octanol–water partition coefficient (Wildman–Crippen LogP) is 4.37. The van der Waals surface area contributed by atoms with Crippen LogP contribution < -0.4 is 10.6 Å². The van der Waals surface area contributed by atoms with Crippen LogP contribution >= 0.6 is 11.6 Å². The zero-order chi connectivity index (χ0) is 21.7. The summed E-state index contributed by atoms with van der Waals surface area (Å²) in [6.07, 6.45) is 1.59. The molecule has 0 aliphatic heterocycles. The minimum atomic E-state index is -0.420. The van der Waals surface area contributed by atoms with Gasteiger partial charge in [0.1, 0.15) is 5.15 Å². The van der Waals surface area contributed by atoms with Crippen molar-refractivity contribution in [3.8, 4) is 0 Å². The monoisotopic (exact) mass is 422 g/mol. The number of aryl methyl sites for hydroxylation is 2. The van der Waals surface area contributed by atoms with E-state index in [1.54, 1.807) is 41.9 Å². The maximum Gasteiger partial charge on any atom is 0.260 e. The minimum Gasteiger partial charge on any atom is -0.349 e. The van der Waals surface area contributed by atoms with Crippen LogP contribution in [0.2, 0.25) is 5.15 Å². The van der Waals surface area contributed by atoms with E-state index in [-0.39, 0.29) is 16.6 Å². The van der Waals surface area contributed by atoms with E-state index in [4.69, 9.17) is 11.6 Å². The van der Waals surface area contributed by atoms with Crippen molar-refractivity contribution >= 4 is 29.1 Å². The van der Waals surface area contributed by atoms with Gasteiger partial charge in [-0.15, -0.1) is 6.58 Å². The third kappa shape index (κ3) is 4.78. The third-order valence-electron chi connectivity index (χ3n) is 4.57. The van der Waals surface area contributed by atoms with Gasteiger partial charge in [0, 0.05) is 6.54 Å². The van der Waals surface area contributed by atoms with Crippen LogP contribution in [0.1, 0.15) is 37.5 Å². The summed E-state index contributed by atoms with van der Waals surface area (Å²) in [5, 5.41) is 10.2. The SMILES string of the molecule is C=CCNC(=O)c1ccccc1NC(=O)c1c(C)nn(Cc2ccc(C)cc2)c1Cl. The molecule has 2 N–H and O–H groups in total. The second-order valence-electron chi connectivity index (χ2n) is 6.89. The lowest BCUT2D eigenvalue weighted by Crippen LogP contribution is -2.25. The average molecular weight is 423 g/mol. The zero-order valence-electron chi connectivity index (χ0n) is 16.9. The number of anilines is 1. The van der Waals surface area contributed by atoms with E-state index in [2.05, 4.69) is 22.3 Å². The standard InChI is InChI=1S/C23H23ClN4O2/c1-4-13-25-22(29)18-7-5-6-8-19(18)26-23(30)20-16(3)27-28(21(20)24)14-17-11-9-15(2)10-12-17/h4-12H,1,13-14H2,2-3H3,(H,25,29)(H,26,30). The summed E-state index contributed by atoms with van der Waals surface area (Å²) >= 11 is 6.49. The van der Waals surface area contributed by atoms with Crippen LogP contribution in [0.4, 0.5) is 5.69 Å². The average Bonchev–Trinajstić information content (AvgIpc) is 3.01. The van der Waals surface area contributed by atoms with Crippen molar-refractivity contribution in [2.75, 3.05) is 11.9 Å². The highest BCUT2D eigenvalue weighted by Gasteiger charge is 2.22. The summed E-state index contributed by atoms with van der Waals surface area (Å²) in [5.41, 5.74) is 3.74. The summed E-state index contributed by atoms with van der Waals surface area (Å²) in [6.45, 7) is 8.12. The highest BCUT2D eigenvalue weighted by atomic mass is 35.5. The number of rotatable bonds is 7. The Balaban J connectivity index is 1.83. The number of nitrogens with one attached hydrogen (secondary N) is 2. The van der Waals surface area contributed by atoms with Crippen LogP contribution in [0.3, 0.4) is 0 Å². The summed E-state index contributed by atoms with van der Waals surface area (Å²) in [5.74, 6) is -0.722. The first-order chi connectivity index (χ1) is 14.4. The molecule has 6 nitrogen and oxygen atoms in total. The smallest absolute Gasteiger partial charge is 0.260 e. The molecule has 0 bridgehead atoms. The van der Waals surface area contributed by atoms with Gasteiger partial charge in [0.2, 0.25) is 0 Å². The number of halogens is 1. The number of carbonyl (C=O) groups excluding carboxylic acids is 2. The maximum atomic E-state index is 13.0. The van der Waals surface area contributed by atoms with Crippen molar-refractivity contribution in [3.05, 3.63) is 94.3 Å². The topological polar surface area (TPSA) is 76.0 Å². The highest BCUT2D eigenvalue weighted by molar-refractivity contribution is 6.33. The van der Waals surface area contributed by atoms with Gasteiger partial charge in [0.15, 0.2) is 0 Å². The first-order valence-corrected chi connectivity index (χ1v) is 9.86. The highest BCUT2D eigenvalue weighted by Crippen LogP contribution is 2.24. The molecule has 3 aromatic rings. The van der Waals surface area contributed by atoms with Gasteiger partial charge in [0.05, 0.1) is 29.1 Å². The van der Waals surface area contributed by atoms with Crippen molar-refractivity contribution in [3.63, 3.8) is 0 Å². The van der Waals surface area contributed by atoms with Gasteiger partial charge in [-0.25, -0.2) is 4.68 Å². The summed E-state index contributed by atoms with van der Waals surface area (Å²) < 4.78 is 1.60. The molecule has 0 aliphatic carbocycles. The van der Waals surface area contributed by atoms with Crippen molar-refractivity contribution in [2.24, 2.45) is 0 Å². The van der Waals surface area contributed by atoms with Crippen molar-refractivity contribution in [1.82, 2.24) is 15.1 Å². The zero-order valence-corrected chi connectivity index (χ0v) is 17.7. The predicted molar refractivity (Wildman–Crippen MR) is 119 cm³/mol. The van der Waals surface area contributed by atoms with Crippen molar-refractivity contribution in [2.45, 2.75) is 20.4 Å². The molecule has 2 aromatic carbocycles. The number of carbonyl (C=O) groups is 2. The fourth-order valence-corrected chi connectivity index (χ4v) is 3.34. The largest absolute Gasteiger partial charge is 0.349 e. The van der Waals surface area contributed by atoms with Crippen LogP contribution in [-0.4, -0.2) is 28.1 Å². The number of hydrogen-bond acceptors (Lipinski definition) is 3. The number of nitrogens with zero attached hydrogens (tertiary/aromatic N) is 2. The van der Waals surface area contributed by atoms with E-state index < -0.39 is 5.91 Å². The Hall–Kier alpha value is -3.38. The molecule has 3 rings (SSSR count). The van der Waals surface area contributed by atoms with Gasteiger partial charge >= 0.3 is 0 Å². The second kappa shape index (κ2) is 9.41. The molecule has 0 fully saturated rings. The van der Waals surface area contributed by atoms with Gasteiger partial charge in [-0.2, -0.15) is 5.10 Å². The first-order valence-electron chi connectivity index (χ1n) is 9.48. The molecule has 30 heavy (non-hydrogen) atoms. The van der Waals surface area contributed by atoms with E-state index in [9.17, 15) is 9.59 Å². The Morgan fingerprint density at radius 2 is 1.80 bits per heavy atom. The van der Waals surface area contributed by atoms with E-state index in [1.807, 2.05) is 31.2 Å². The molecule has 7 heteroatoms. The molecule has 2 amide bonds. The van der Waals surface area contributed by atoms with E-state index in [0.717, 1.165) is 11.1 Å². The van der Waals surface area contributed by atoms with Crippen molar-refractivity contribution < 1.29 is 9.59 Å². The van der Waals surface area contributed by atoms with Gasteiger partial charge in [-0.1, -0.05) is 59.6 Å². The van der Waals surface area contributed by atoms with Gasteiger partial charge < -0.3 is 10.6 Å². The lowest BCUT2D eigenvalue weighted by molar-refractivity contribution is 0.0959. The van der Waals surface area contributed by atoms with E-state index in [0.29, 0.717) is 30.0 Å². The minimum absolute atomic E-state index is 0.249. The molecular weight excluding hydrogens is 400 g/mol. The number of amides is 2. The molecular formula is C23H23ClN4O2. The Labute approximate surface area is 180 Å². The summed E-state index contributed by atoms with van der Waals surface area (Å²) in [6, 6.07) is 14.8. The van der Waals surface area contributed by atoms with Crippen LogP contribution in [0, 0.1) is 13.8 Å². The third-order valence-corrected chi connectivity index (χ3v) is 4.96. The molecule has 0 unspecified atom stereocenters. The van der Waals surface area contributed by atoms with Crippen LogP contribution in [0.15, 0.2) is 61.2 Å². The molecule has 1 heterocycles. The van der Waals surface area contributed by atoms with Crippen LogP contribution in [0.5, 0.6) is 0 Å². The van der Waals surface area contributed by atoms with E-state index in [1.165, 1.54) is 0 Å². The van der Waals surface area contributed by atoms with Crippen LogP contribution in [0.25, 0.3) is 0 Å². The number of benzene rings is 2. The second-order valence-corrected chi connectivity index (χ2v) is 7.25. The number of aromatic nitrogens is 2. The summed E-state index contributed by atoms with van der Waals surface area (Å²) in [4.78, 5) is 25.3. The lowest BCUT2D eigenvalue weighted by atomic mass is 10.1. The Bertz CT molecular complexity index is 1090. The van der Waals surface area contributed by atoms with Gasteiger partial charge in [0.25, 0.3) is 11.8 Å². The Kier molecular flexibility index (Phi) is 6.69. The molecule has 0 atom stereocenters. The normalized spacial score (nSPS) is 10.5. The lowest BCUT2D eigenvalue weighted by Gasteiger charge is -2.11. The molecule has 1 aromatic heterocycles. The molecule has 0 spiro atoms. The fourth-order valence-electron chi connectivity index (χ4n) is 3.02. The Morgan fingerprint density at radius 3 is 2.50 bits per heavy atom. The molecule has 0 saturated heterocycles. The van der Waals surface area contributed by atoms with Gasteiger partial charge in [-0.05, 0) is 31.5 Å². The maximum absolute atomic E-state index is 13.0. The molecule has 0 aliphatic rings. The van der Waals surface area contributed by atoms with Gasteiger partial charge in [-0.3, -0.25) is 9.59 Å². The fraction of sp³-hybridized carbons (Fsp3) is 0.174. The first kappa shape index (κ1) is 21.3. The number of hydrogen-bond donors (Lipinski definition) is 2. The summed E-state index contributed by atoms with van der Waals surface area (Å²) in [7, 11) is 0. The van der Waals surface area contributed by atoms with E-state index >= 15 is 0 Å².